The van der Waals surface area contributed by atoms with Crippen LogP contribution in [0.25, 0.3) is 22.3 Å². The number of benzene rings is 2. The molecular formula is C44H46F2N10O5. The van der Waals surface area contributed by atoms with Gasteiger partial charge in [-0.05, 0) is 93.3 Å². The lowest BCUT2D eigenvalue weighted by atomic mass is 9.89. The third kappa shape index (κ3) is 7.33. The van der Waals surface area contributed by atoms with Gasteiger partial charge in [0, 0.05) is 80.4 Å². The number of nitrogens with zero attached hydrogens (tertiary/aromatic N) is 8. The maximum atomic E-state index is 15.3. The summed E-state index contributed by atoms with van der Waals surface area (Å²) in [5.41, 5.74) is 5.17. The van der Waals surface area contributed by atoms with Crippen molar-refractivity contribution in [1.82, 2.24) is 34.5 Å². The molecule has 61 heavy (non-hydrogen) atoms. The number of aryl methyl sites for hydroxylation is 2. The van der Waals surface area contributed by atoms with Crippen molar-refractivity contribution < 1.29 is 32.7 Å². The van der Waals surface area contributed by atoms with E-state index in [1.165, 1.54) is 12.1 Å². The monoisotopic (exact) mass is 832 g/mol. The van der Waals surface area contributed by atoms with Crippen LogP contribution in [0.3, 0.4) is 0 Å². The van der Waals surface area contributed by atoms with Gasteiger partial charge in [0.2, 0.25) is 29.5 Å². The molecule has 4 amide bonds. The quantitative estimate of drug-likeness (QED) is 0.238. The molecule has 4 aliphatic heterocycles. The van der Waals surface area contributed by atoms with Gasteiger partial charge in [0.15, 0.2) is 0 Å². The van der Waals surface area contributed by atoms with E-state index in [2.05, 4.69) is 37.3 Å². The lowest BCUT2D eigenvalue weighted by Crippen LogP contribution is -2.56. The fourth-order valence-electron chi connectivity index (χ4n) is 9.69. The molecule has 316 valence electrons. The normalized spacial score (nSPS) is 22.4. The average Bonchev–Trinajstić information content (AvgIpc) is 3.75. The SMILES string of the molecule is Cc1cc2cc(n1)-c1cnn(C)c1OCC[C@H]1C[C@@H]1Cn1c(nc3ccc(N4CCC(N5CCN(c6cc(F)c([C@H]7CCC(=O)NC7=O)c(F)c6)CC5=O)CC4)cc31)NC2=O. The topological polar surface area (TPSA) is 160 Å². The summed E-state index contributed by atoms with van der Waals surface area (Å²) in [6.45, 7) is 5.38. The second kappa shape index (κ2) is 15.3. The number of rotatable bonds is 4. The molecule has 3 aromatic heterocycles. The van der Waals surface area contributed by atoms with Gasteiger partial charge in [0.25, 0.3) is 5.91 Å². The Bertz CT molecular complexity index is 2590. The molecule has 17 heteroatoms. The van der Waals surface area contributed by atoms with Crippen LogP contribution in [0.1, 0.15) is 66.1 Å². The zero-order valence-corrected chi connectivity index (χ0v) is 34.0. The summed E-state index contributed by atoms with van der Waals surface area (Å²) >= 11 is 0. The van der Waals surface area contributed by atoms with Crippen molar-refractivity contribution >= 4 is 52.0 Å². The summed E-state index contributed by atoms with van der Waals surface area (Å²) in [6, 6.07) is 12.1. The zero-order chi connectivity index (χ0) is 42.1. The van der Waals surface area contributed by atoms with Crippen molar-refractivity contribution in [2.45, 2.75) is 64.0 Å². The highest BCUT2D eigenvalue weighted by Gasteiger charge is 2.39. The van der Waals surface area contributed by atoms with Crippen LogP contribution in [0.5, 0.6) is 5.88 Å². The van der Waals surface area contributed by atoms with E-state index in [9.17, 15) is 19.2 Å². The maximum Gasteiger partial charge on any atom is 0.258 e. The van der Waals surface area contributed by atoms with Crippen LogP contribution in [0.4, 0.5) is 26.1 Å². The lowest BCUT2D eigenvalue weighted by molar-refractivity contribution is -0.135. The summed E-state index contributed by atoms with van der Waals surface area (Å²) in [4.78, 5) is 66.9. The predicted molar refractivity (Wildman–Crippen MR) is 221 cm³/mol. The number of halogens is 2. The van der Waals surface area contributed by atoms with Gasteiger partial charge in [0.1, 0.15) is 11.6 Å². The minimum atomic E-state index is -1.08. The molecule has 0 spiro atoms. The summed E-state index contributed by atoms with van der Waals surface area (Å²) < 4.78 is 40.7. The molecule has 3 saturated heterocycles. The van der Waals surface area contributed by atoms with E-state index in [-0.39, 0.29) is 48.5 Å². The maximum absolute atomic E-state index is 15.3. The number of imidazole rings is 1. The highest BCUT2D eigenvalue weighted by molar-refractivity contribution is 6.05. The van der Waals surface area contributed by atoms with Crippen molar-refractivity contribution in [3.05, 3.63) is 77.1 Å². The fourth-order valence-corrected chi connectivity index (χ4v) is 9.69. The number of ether oxygens (including phenoxy) is 1. The lowest BCUT2D eigenvalue weighted by Gasteiger charge is -2.43. The van der Waals surface area contributed by atoms with Crippen molar-refractivity contribution in [3.63, 3.8) is 0 Å². The van der Waals surface area contributed by atoms with Crippen LogP contribution in [-0.4, -0.2) is 98.2 Å². The standard InChI is InChI=1S/C44H46F2N10O5/c1-24-15-26-17-36(48-24)32-21-47-52(2)43(32)61-14-9-25-16-27(25)22-56-37-20-29(3-5-35(37)49-44(56)51-41(26)59)53-10-7-28(8-11-53)55-13-12-54(23-39(55)58)30-18-33(45)40(34(46)19-30)31-4-6-38(57)50-42(31)60/h3,5,15,17-21,25,27-28,31H,4,6-14,16,22-23H2,1-2H3,(H,49,51,59)(H,50,57,60)/t25-,27+,31+/m0/s1. The predicted octanol–water partition coefficient (Wildman–Crippen LogP) is 4.93. The molecule has 7 heterocycles. The number of anilines is 3. The van der Waals surface area contributed by atoms with Crippen LogP contribution >= 0.6 is 0 Å². The number of aromatic nitrogens is 5. The molecule has 10 rings (SSSR count). The van der Waals surface area contributed by atoms with Crippen molar-refractivity contribution in [3.8, 4) is 17.1 Å². The number of nitrogens with one attached hydrogen (secondary N) is 2. The van der Waals surface area contributed by atoms with Crippen molar-refractivity contribution in [2.75, 3.05) is 54.4 Å². The van der Waals surface area contributed by atoms with Crippen LogP contribution in [-0.2, 0) is 28.0 Å². The average molecular weight is 833 g/mol. The summed E-state index contributed by atoms with van der Waals surface area (Å²) in [5, 5.41) is 9.69. The zero-order valence-electron chi connectivity index (χ0n) is 34.0. The van der Waals surface area contributed by atoms with Gasteiger partial charge in [-0.25, -0.2) is 18.4 Å². The van der Waals surface area contributed by atoms with E-state index in [0.717, 1.165) is 61.1 Å². The van der Waals surface area contributed by atoms with E-state index in [1.54, 1.807) is 27.9 Å². The molecule has 0 radical (unpaired) electrons. The van der Waals surface area contributed by atoms with Gasteiger partial charge in [-0.1, -0.05) is 0 Å². The highest BCUT2D eigenvalue weighted by Crippen LogP contribution is 2.44. The van der Waals surface area contributed by atoms with Gasteiger partial charge < -0.3 is 24.0 Å². The molecule has 1 aliphatic carbocycles. The Hall–Kier alpha value is -6.39. The third-order valence-electron chi connectivity index (χ3n) is 13.1. The number of piperazine rings is 1. The van der Waals surface area contributed by atoms with Gasteiger partial charge in [-0.2, -0.15) is 5.10 Å². The number of imide groups is 1. The Morgan fingerprint density at radius 3 is 2.41 bits per heavy atom. The Balaban J connectivity index is 0.827. The first-order valence-corrected chi connectivity index (χ1v) is 21.0. The number of hydrogen-bond donors (Lipinski definition) is 2. The molecule has 1 saturated carbocycles. The largest absolute Gasteiger partial charge is 0.477 e. The van der Waals surface area contributed by atoms with Gasteiger partial charge in [-0.15, -0.1) is 0 Å². The Morgan fingerprint density at radius 1 is 0.836 bits per heavy atom. The number of amides is 4. The number of fused-ring (bicyclic) bond motifs is 8. The van der Waals surface area contributed by atoms with Crippen molar-refractivity contribution in [1.29, 1.82) is 0 Å². The second-order valence-electron chi connectivity index (χ2n) is 17.0. The Kier molecular flexibility index (Phi) is 9.70. The Morgan fingerprint density at radius 2 is 1.64 bits per heavy atom. The number of piperidine rings is 2. The third-order valence-corrected chi connectivity index (χ3v) is 13.1. The summed E-state index contributed by atoms with van der Waals surface area (Å²) in [7, 11) is 1.84. The smallest absolute Gasteiger partial charge is 0.258 e. The molecule has 5 aliphatic rings. The second-order valence-corrected chi connectivity index (χ2v) is 17.0. The van der Waals surface area contributed by atoms with Crippen LogP contribution in [0.2, 0.25) is 0 Å². The molecule has 2 bridgehead atoms. The highest BCUT2D eigenvalue weighted by atomic mass is 19.1. The molecular weight excluding hydrogens is 787 g/mol. The number of carbonyl (C=O) groups excluding carboxylic acids is 4. The minimum Gasteiger partial charge on any atom is -0.477 e. The first-order valence-electron chi connectivity index (χ1n) is 21.0. The minimum absolute atomic E-state index is 0.0104. The molecule has 5 aromatic rings. The van der Waals surface area contributed by atoms with E-state index < -0.39 is 29.4 Å². The van der Waals surface area contributed by atoms with E-state index in [1.807, 2.05) is 24.9 Å². The van der Waals surface area contributed by atoms with Gasteiger partial charge in [0.05, 0.1) is 47.6 Å². The summed E-state index contributed by atoms with van der Waals surface area (Å²) in [5.74, 6) is -2.36. The van der Waals surface area contributed by atoms with E-state index in [4.69, 9.17) is 14.7 Å². The Labute approximate surface area is 350 Å². The van der Waals surface area contributed by atoms with Crippen LogP contribution < -0.4 is 25.2 Å². The first-order chi connectivity index (χ1) is 29.5. The van der Waals surface area contributed by atoms with Gasteiger partial charge >= 0.3 is 0 Å². The first kappa shape index (κ1) is 38.8. The molecule has 4 fully saturated rings. The molecule has 2 N–H and O–H groups in total. The van der Waals surface area contributed by atoms with Crippen molar-refractivity contribution in [2.24, 2.45) is 18.9 Å². The fraction of sp³-hybridized carbons (Fsp3) is 0.432. The van der Waals surface area contributed by atoms with Crippen LogP contribution in [0.15, 0.2) is 48.7 Å². The number of carbonyl (C=O) groups is 4. The van der Waals surface area contributed by atoms with E-state index in [0.29, 0.717) is 66.9 Å². The van der Waals surface area contributed by atoms with Crippen LogP contribution in [0, 0.1) is 30.4 Å². The van der Waals surface area contributed by atoms with Gasteiger partial charge in [-0.3, -0.25) is 34.8 Å². The molecule has 3 atom stereocenters. The number of hydrogen-bond acceptors (Lipinski definition) is 10. The molecule has 0 unspecified atom stereocenters. The molecule has 15 nitrogen and oxygen atoms in total. The summed E-state index contributed by atoms with van der Waals surface area (Å²) in [6.07, 6.45) is 5.23. The molecule has 2 aromatic carbocycles. The van der Waals surface area contributed by atoms with E-state index >= 15 is 8.78 Å². The number of pyridine rings is 1.